The monoisotopic (exact) mass is 345 g/mol. The summed E-state index contributed by atoms with van der Waals surface area (Å²) in [5.41, 5.74) is 3.06. The van der Waals surface area contributed by atoms with Crippen molar-refractivity contribution < 1.29 is 9.59 Å². The van der Waals surface area contributed by atoms with Crippen LogP contribution in [0.4, 0.5) is 17.1 Å². The summed E-state index contributed by atoms with van der Waals surface area (Å²) in [6, 6.07) is 12.6. The molecule has 0 radical (unpaired) electrons. The summed E-state index contributed by atoms with van der Waals surface area (Å²) >= 11 is 6.01. The molecule has 0 aromatic heterocycles. The largest absolute Gasteiger partial charge is 0.378 e. The summed E-state index contributed by atoms with van der Waals surface area (Å²) in [4.78, 5) is 25.9. The van der Waals surface area contributed by atoms with Gasteiger partial charge in [-0.25, -0.2) is 0 Å². The van der Waals surface area contributed by atoms with Gasteiger partial charge in [-0.15, -0.1) is 0 Å². The molecule has 0 saturated carbocycles. The molecule has 6 heteroatoms. The molecule has 0 aliphatic rings. The summed E-state index contributed by atoms with van der Waals surface area (Å²) in [5, 5.41) is 5.98. The van der Waals surface area contributed by atoms with Crippen LogP contribution in [0.2, 0.25) is 5.02 Å². The summed E-state index contributed by atoms with van der Waals surface area (Å²) in [7, 11) is 3.88. The minimum atomic E-state index is -0.386. The average molecular weight is 346 g/mol. The number of rotatable bonds is 5. The number of hydrogen-bond acceptors (Lipinski definition) is 3. The molecule has 0 fully saturated rings. The summed E-state index contributed by atoms with van der Waals surface area (Å²) in [5.74, 6) is -0.757. The zero-order valence-electron chi connectivity index (χ0n) is 13.9. The quantitative estimate of drug-likeness (QED) is 0.812. The van der Waals surface area contributed by atoms with Crippen LogP contribution in [0, 0.1) is 6.92 Å². The van der Waals surface area contributed by atoms with E-state index in [-0.39, 0.29) is 18.2 Å². The fourth-order valence-electron chi connectivity index (χ4n) is 2.13. The van der Waals surface area contributed by atoms with Crippen molar-refractivity contribution in [2.24, 2.45) is 0 Å². The predicted molar refractivity (Wildman–Crippen MR) is 98.8 cm³/mol. The smallest absolute Gasteiger partial charge is 0.233 e. The minimum Gasteiger partial charge on any atom is -0.378 e. The number of nitrogens with zero attached hydrogens (tertiary/aromatic N) is 1. The molecule has 0 aliphatic carbocycles. The fraction of sp³-hybridized carbons (Fsp3) is 0.222. The van der Waals surface area contributed by atoms with Crippen LogP contribution >= 0.6 is 11.6 Å². The molecule has 0 unspecified atom stereocenters. The third-order valence-electron chi connectivity index (χ3n) is 3.53. The maximum atomic E-state index is 12.0. The normalized spacial score (nSPS) is 10.2. The number of halogens is 1. The minimum absolute atomic E-state index is 0.263. The highest BCUT2D eigenvalue weighted by Crippen LogP contribution is 2.23. The number of nitrogens with one attached hydrogen (secondary N) is 2. The molecule has 126 valence electrons. The Balaban J connectivity index is 1.92. The Hall–Kier alpha value is -2.53. The van der Waals surface area contributed by atoms with Crippen LogP contribution in [0.15, 0.2) is 42.5 Å². The van der Waals surface area contributed by atoms with Crippen LogP contribution in [0.25, 0.3) is 0 Å². The van der Waals surface area contributed by atoms with Crippen molar-refractivity contribution in [2.45, 2.75) is 13.3 Å². The van der Waals surface area contributed by atoms with Gasteiger partial charge < -0.3 is 15.5 Å². The van der Waals surface area contributed by atoms with Crippen LogP contribution in [0.1, 0.15) is 12.0 Å². The van der Waals surface area contributed by atoms with Crippen LogP contribution in [-0.2, 0) is 9.59 Å². The Bertz CT molecular complexity index is 742. The van der Waals surface area contributed by atoms with Crippen molar-refractivity contribution in [3.63, 3.8) is 0 Å². The van der Waals surface area contributed by atoms with Crippen LogP contribution in [-0.4, -0.2) is 25.9 Å². The van der Waals surface area contributed by atoms with Gasteiger partial charge in [-0.3, -0.25) is 9.59 Å². The van der Waals surface area contributed by atoms with E-state index in [2.05, 4.69) is 10.6 Å². The third-order valence-corrected chi connectivity index (χ3v) is 3.94. The maximum absolute atomic E-state index is 12.0. The molecule has 0 atom stereocenters. The van der Waals surface area contributed by atoms with Crippen molar-refractivity contribution in [1.82, 2.24) is 0 Å². The molecule has 24 heavy (non-hydrogen) atoms. The van der Waals surface area contributed by atoms with Crippen molar-refractivity contribution in [3.05, 3.63) is 53.1 Å². The molecule has 0 spiro atoms. The van der Waals surface area contributed by atoms with Gasteiger partial charge in [0.05, 0.1) is 0 Å². The van der Waals surface area contributed by atoms with Crippen molar-refractivity contribution in [2.75, 3.05) is 29.6 Å². The van der Waals surface area contributed by atoms with E-state index in [4.69, 9.17) is 11.6 Å². The van der Waals surface area contributed by atoms with Gasteiger partial charge in [0.25, 0.3) is 0 Å². The topological polar surface area (TPSA) is 61.4 Å². The molecule has 2 aromatic rings. The second-order valence-corrected chi connectivity index (χ2v) is 6.03. The first-order valence-electron chi connectivity index (χ1n) is 7.49. The molecule has 0 heterocycles. The lowest BCUT2D eigenvalue weighted by molar-refractivity contribution is -0.123. The van der Waals surface area contributed by atoms with E-state index >= 15 is 0 Å². The van der Waals surface area contributed by atoms with Gasteiger partial charge in [0, 0.05) is 36.2 Å². The second-order valence-electron chi connectivity index (χ2n) is 5.63. The standard InChI is InChI=1S/C18H20ClN3O2/c1-12-15(19)5-4-6-16(12)21-18(24)11-17(23)20-13-7-9-14(10-8-13)22(2)3/h4-10H,11H2,1-3H3,(H,20,23)(H,21,24). The van der Waals surface area contributed by atoms with Gasteiger partial charge in [0.15, 0.2) is 0 Å². The number of carbonyl (C=O) groups excluding carboxylic acids is 2. The Morgan fingerprint density at radius 3 is 2.25 bits per heavy atom. The highest BCUT2D eigenvalue weighted by molar-refractivity contribution is 6.31. The number of hydrogen-bond donors (Lipinski definition) is 2. The van der Waals surface area contributed by atoms with Crippen LogP contribution in [0.3, 0.4) is 0 Å². The van der Waals surface area contributed by atoms with Crippen molar-refractivity contribution in [1.29, 1.82) is 0 Å². The van der Waals surface area contributed by atoms with Crippen molar-refractivity contribution in [3.8, 4) is 0 Å². The van der Waals surface area contributed by atoms with E-state index in [9.17, 15) is 9.59 Å². The van der Waals surface area contributed by atoms with E-state index in [1.54, 1.807) is 30.3 Å². The second kappa shape index (κ2) is 7.84. The first-order chi connectivity index (χ1) is 11.4. The zero-order chi connectivity index (χ0) is 17.7. The van der Waals surface area contributed by atoms with Gasteiger partial charge in [0.2, 0.25) is 11.8 Å². The first kappa shape index (κ1) is 17.8. The molecular formula is C18H20ClN3O2. The first-order valence-corrected chi connectivity index (χ1v) is 7.87. The molecular weight excluding hydrogens is 326 g/mol. The van der Waals surface area contributed by atoms with Gasteiger partial charge in [-0.05, 0) is 48.9 Å². The lowest BCUT2D eigenvalue weighted by Gasteiger charge is -2.13. The summed E-state index contributed by atoms with van der Waals surface area (Å²) < 4.78 is 0. The van der Waals surface area contributed by atoms with Gasteiger partial charge in [-0.2, -0.15) is 0 Å². The lowest BCUT2D eigenvalue weighted by atomic mass is 10.2. The number of benzene rings is 2. The molecule has 0 saturated heterocycles. The summed E-state index contributed by atoms with van der Waals surface area (Å²) in [6.07, 6.45) is -0.263. The molecule has 0 bridgehead atoms. The van der Waals surface area contributed by atoms with Crippen molar-refractivity contribution >= 4 is 40.5 Å². The predicted octanol–water partition coefficient (Wildman–Crippen LogP) is 3.68. The molecule has 2 aromatic carbocycles. The van der Waals surface area contributed by atoms with Gasteiger partial charge >= 0.3 is 0 Å². The molecule has 2 rings (SSSR count). The Kier molecular flexibility index (Phi) is 5.82. The van der Waals surface area contributed by atoms with Crippen LogP contribution in [0.5, 0.6) is 0 Å². The number of amides is 2. The van der Waals surface area contributed by atoms with Gasteiger partial charge in [0.1, 0.15) is 6.42 Å². The Morgan fingerprint density at radius 2 is 1.62 bits per heavy atom. The zero-order valence-corrected chi connectivity index (χ0v) is 14.6. The SMILES string of the molecule is Cc1c(Cl)cccc1NC(=O)CC(=O)Nc1ccc(N(C)C)cc1. The molecule has 2 amide bonds. The van der Waals surface area contributed by atoms with E-state index in [0.29, 0.717) is 16.4 Å². The third kappa shape index (κ3) is 4.73. The fourth-order valence-corrected chi connectivity index (χ4v) is 2.31. The van der Waals surface area contributed by atoms with E-state index in [1.807, 2.05) is 38.1 Å². The lowest BCUT2D eigenvalue weighted by Crippen LogP contribution is -2.21. The molecule has 5 nitrogen and oxygen atoms in total. The van der Waals surface area contributed by atoms with E-state index in [1.165, 1.54) is 0 Å². The van der Waals surface area contributed by atoms with E-state index in [0.717, 1.165) is 11.3 Å². The van der Waals surface area contributed by atoms with Gasteiger partial charge in [-0.1, -0.05) is 17.7 Å². The number of carbonyl (C=O) groups is 2. The summed E-state index contributed by atoms with van der Waals surface area (Å²) in [6.45, 7) is 1.81. The number of anilines is 3. The van der Waals surface area contributed by atoms with E-state index < -0.39 is 0 Å². The highest BCUT2D eigenvalue weighted by Gasteiger charge is 2.12. The average Bonchev–Trinajstić information content (AvgIpc) is 2.52. The molecule has 0 aliphatic heterocycles. The molecule has 2 N–H and O–H groups in total. The Labute approximate surface area is 146 Å². The van der Waals surface area contributed by atoms with Crippen LogP contribution < -0.4 is 15.5 Å². The Morgan fingerprint density at radius 1 is 1.00 bits per heavy atom. The highest BCUT2D eigenvalue weighted by atomic mass is 35.5. The maximum Gasteiger partial charge on any atom is 0.233 e.